The summed E-state index contributed by atoms with van der Waals surface area (Å²) in [5.41, 5.74) is 1.80. The van der Waals surface area contributed by atoms with Gasteiger partial charge in [-0.05, 0) is 5.56 Å². The third kappa shape index (κ3) is 3.95. The molecule has 0 aliphatic heterocycles. The molecule has 0 saturated carbocycles. The fraction of sp³-hybridized carbons (Fsp3) is 0.182. The van der Waals surface area contributed by atoms with Crippen molar-refractivity contribution in [3.05, 3.63) is 48.0 Å². The SMILES string of the molecule is C=C([C]=O)CSCc1ccccc1. The maximum atomic E-state index is 10.1. The van der Waals surface area contributed by atoms with Gasteiger partial charge in [0.05, 0.1) is 0 Å². The highest BCUT2D eigenvalue weighted by atomic mass is 32.2. The van der Waals surface area contributed by atoms with Crippen LogP contribution in [-0.2, 0) is 10.5 Å². The van der Waals surface area contributed by atoms with Crippen molar-refractivity contribution in [3.8, 4) is 0 Å². The van der Waals surface area contributed by atoms with Crippen molar-refractivity contribution >= 4 is 18.0 Å². The molecule has 0 aromatic heterocycles. The zero-order valence-corrected chi connectivity index (χ0v) is 8.14. The molecule has 1 aromatic rings. The van der Waals surface area contributed by atoms with Crippen molar-refractivity contribution < 1.29 is 4.79 Å². The predicted octanol–water partition coefficient (Wildman–Crippen LogP) is 2.59. The first kappa shape index (κ1) is 10.1. The lowest BCUT2D eigenvalue weighted by atomic mass is 10.2. The number of hydrogen-bond donors (Lipinski definition) is 0. The summed E-state index contributed by atoms with van der Waals surface area (Å²) in [6.07, 6.45) is 1.79. The van der Waals surface area contributed by atoms with Gasteiger partial charge < -0.3 is 0 Å². The number of carbonyl (C=O) groups excluding carboxylic acids is 1. The lowest BCUT2D eigenvalue weighted by molar-refractivity contribution is 0.562. The molecule has 13 heavy (non-hydrogen) atoms. The lowest BCUT2D eigenvalue weighted by Crippen LogP contribution is -1.87. The molecule has 1 aromatic carbocycles. The minimum atomic E-state index is 0.529. The first-order valence-electron chi connectivity index (χ1n) is 4.00. The summed E-state index contributed by atoms with van der Waals surface area (Å²) in [5, 5.41) is 0. The second kappa shape index (κ2) is 5.60. The molecule has 1 radical (unpaired) electrons. The highest BCUT2D eigenvalue weighted by molar-refractivity contribution is 7.98. The third-order valence-corrected chi connectivity index (χ3v) is 2.62. The van der Waals surface area contributed by atoms with E-state index in [1.54, 1.807) is 18.0 Å². The summed E-state index contributed by atoms with van der Waals surface area (Å²) in [7, 11) is 0. The van der Waals surface area contributed by atoms with Crippen molar-refractivity contribution in [2.24, 2.45) is 0 Å². The van der Waals surface area contributed by atoms with E-state index >= 15 is 0 Å². The average molecular weight is 191 g/mol. The van der Waals surface area contributed by atoms with Crippen molar-refractivity contribution in [2.75, 3.05) is 5.75 Å². The van der Waals surface area contributed by atoms with E-state index in [1.165, 1.54) is 5.56 Å². The zero-order chi connectivity index (χ0) is 9.52. The Bertz CT molecular complexity index is 279. The minimum Gasteiger partial charge on any atom is -0.285 e. The van der Waals surface area contributed by atoms with Crippen LogP contribution in [0.2, 0.25) is 0 Å². The summed E-state index contributed by atoms with van der Waals surface area (Å²) < 4.78 is 0. The van der Waals surface area contributed by atoms with E-state index in [1.807, 2.05) is 18.2 Å². The standard InChI is InChI=1S/C11H11OS/c1-10(7-12)8-13-9-11-5-3-2-4-6-11/h2-6H,1,8-9H2. The highest BCUT2D eigenvalue weighted by Crippen LogP contribution is 2.13. The molecule has 1 rings (SSSR count). The monoisotopic (exact) mass is 191 g/mol. The molecule has 1 nitrogen and oxygen atoms in total. The van der Waals surface area contributed by atoms with E-state index in [0.29, 0.717) is 11.3 Å². The molecule has 0 unspecified atom stereocenters. The third-order valence-electron chi connectivity index (χ3n) is 1.53. The van der Waals surface area contributed by atoms with Gasteiger partial charge in [-0.15, -0.1) is 0 Å². The molecule has 0 N–H and O–H groups in total. The van der Waals surface area contributed by atoms with Gasteiger partial charge in [0.2, 0.25) is 6.29 Å². The van der Waals surface area contributed by atoms with Gasteiger partial charge in [0, 0.05) is 17.1 Å². The Kier molecular flexibility index (Phi) is 4.33. The molecule has 67 valence electrons. The molecule has 0 amide bonds. The minimum absolute atomic E-state index is 0.529. The number of benzene rings is 1. The lowest BCUT2D eigenvalue weighted by Gasteiger charge is -1.99. The van der Waals surface area contributed by atoms with Crippen molar-refractivity contribution in [3.63, 3.8) is 0 Å². The zero-order valence-electron chi connectivity index (χ0n) is 7.32. The summed E-state index contributed by atoms with van der Waals surface area (Å²) in [4.78, 5) is 10.1. The molecule has 0 fully saturated rings. The first-order valence-corrected chi connectivity index (χ1v) is 5.16. The maximum absolute atomic E-state index is 10.1. The normalized spacial score (nSPS) is 9.54. The summed E-state index contributed by atoms with van der Waals surface area (Å²) in [5.74, 6) is 1.58. The smallest absolute Gasteiger partial charge is 0.229 e. The van der Waals surface area contributed by atoms with Crippen molar-refractivity contribution in [1.29, 1.82) is 0 Å². The Hall–Kier alpha value is -1.02. The number of thioether (sulfide) groups is 1. The van der Waals surface area contributed by atoms with Gasteiger partial charge in [0.1, 0.15) is 0 Å². The summed E-state index contributed by atoms with van der Waals surface area (Å²) in [6, 6.07) is 10.2. The maximum Gasteiger partial charge on any atom is 0.229 e. The van der Waals surface area contributed by atoms with Crippen molar-refractivity contribution in [2.45, 2.75) is 5.75 Å². The summed E-state index contributed by atoms with van der Waals surface area (Å²) >= 11 is 1.68. The fourth-order valence-corrected chi connectivity index (χ4v) is 1.73. The van der Waals surface area contributed by atoms with Crippen molar-refractivity contribution in [1.82, 2.24) is 0 Å². The Morgan fingerprint density at radius 2 is 2.08 bits per heavy atom. The molecule has 0 atom stereocenters. The first-order chi connectivity index (χ1) is 6.33. The van der Waals surface area contributed by atoms with Crippen LogP contribution < -0.4 is 0 Å². The Morgan fingerprint density at radius 3 is 2.69 bits per heavy atom. The second-order valence-corrected chi connectivity index (χ2v) is 3.67. The van der Waals surface area contributed by atoms with E-state index in [9.17, 15) is 4.79 Å². The fourth-order valence-electron chi connectivity index (χ4n) is 0.896. The highest BCUT2D eigenvalue weighted by Gasteiger charge is 1.94. The summed E-state index contributed by atoms with van der Waals surface area (Å²) in [6.45, 7) is 3.56. The number of rotatable bonds is 5. The van der Waals surface area contributed by atoms with Crippen LogP contribution in [0.15, 0.2) is 42.5 Å². The Morgan fingerprint density at radius 1 is 1.38 bits per heavy atom. The van der Waals surface area contributed by atoms with Crippen LogP contribution in [0.1, 0.15) is 5.56 Å². The van der Waals surface area contributed by atoms with Gasteiger partial charge in [0.15, 0.2) is 0 Å². The average Bonchev–Trinajstić information content (AvgIpc) is 2.19. The topological polar surface area (TPSA) is 17.1 Å². The van der Waals surface area contributed by atoms with Gasteiger partial charge in [-0.1, -0.05) is 36.9 Å². The van der Waals surface area contributed by atoms with E-state index in [4.69, 9.17) is 0 Å². The molecule has 0 bridgehead atoms. The molecular weight excluding hydrogens is 180 g/mol. The van der Waals surface area contributed by atoms with E-state index in [2.05, 4.69) is 18.7 Å². The van der Waals surface area contributed by atoms with E-state index in [0.717, 1.165) is 5.75 Å². The molecule has 0 aliphatic carbocycles. The molecule has 0 saturated heterocycles. The Balaban J connectivity index is 2.28. The van der Waals surface area contributed by atoms with E-state index < -0.39 is 0 Å². The van der Waals surface area contributed by atoms with Crippen LogP contribution in [0, 0.1) is 0 Å². The second-order valence-electron chi connectivity index (χ2n) is 2.68. The van der Waals surface area contributed by atoms with E-state index in [-0.39, 0.29) is 0 Å². The molecule has 0 spiro atoms. The van der Waals surface area contributed by atoms with Gasteiger partial charge in [-0.25, -0.2) is 0 Å². The molecule has 0 heterocycles. The molecule has 2 heteroatoms. The number of hydrogen-bond acceptors (Lipinski definition) is 2. The largest absolute Gasteiger partial charge is 0.285 e. The van der Waals surface area contributed by atoms with Gasteiger partial charge in [0.25, 0.3) is 0 Å². The van der Waals surface area contributed by atoms with Crippen LogP contribution in [0.3, 0.4) is 0 Å². The van der Waals surface area contributed by atoms with Gasteiger partial charge >= 0.3 is 0 Å². The van der Waals surface area contributed by atoms with Crippen LogP contribution in [0.5, 0.6) is 0 Å². The van der Waals surface area contributed by atoms with Gasteiger partial charge in [-0.2, -0.15) is 11.8 Å². The Labute approximate surface area is 82.9 Å². The van der Waals surface area contributed by atoms with Crippen LogP contribution >= 0.6 is 11.8 Å². The predicted molar refractivity (Wildman–Crippen MR) is 57.4 cm³/mol. The molecular formula is C11H11OS. The molecule has 0 aliphatic rings. The van der Waals surface area contributed by atoms with Crippen LogP contribution in [0.25, 0.3) is 0 Å². The van der Waals surface area contributed by atoms with Crippen LogP contribution in [-0.4, -0.2) is 12.0 Å². The van der Waals surface area contributed by atoms with Gasteiger partial charge in [-0.3, -0.25) is 4.79 Å². The van der Waals surface area contributed by atoms with Crippen LogP contribution in [0.4, 0.5) is 0 Å². The quantitative estimate of drug-likeness (QED) is 0.665.